The Morgan fingerprint density at radius 1 is 1.25 bits per heavy atom. The van der Waals surface area contributed by atoms with Crippen LogP contribution in [-0.4, -0.2) is 17.1 Å². The van der Waals surface area contributed by atoms with Crippen LogP contribution < -0.4 is 5.32 Å². The minimum Gasteiger partial charge on any atom is -0.478 e. The summed E-state index contributed by atoms with van der Waals surface area (Å²) in [6.45, 7) is 2.06. The number of rotatable bonds is 5. The van der Waals surface area contributed by atoms with Crippen LogP contribution in [0.3, 0.4) is 0 Å². The van der Waals surface area contributed by atoms with Crippen molar-refractivity contribution in [2.24, 2.45) is 0 Å². The molecule has 0 spiro atoms. The van der Waals surface area contributed by atoms with E-state index in [0.29, 0.717) is 5.02 Å². The molecule has 0 heterocycles. The molecule has 2 N–H and O–H groups in total. The molecule has 104 valence electrons. The summed E-state index contributed by atoms with van der Waals surface area (Å²) >= 11 is 6.09. The highest BCUT2D eigenvalue weighted by Crippen LogP contribution is 2.24. The van der Waals surface area contributed by atoms with Gasteiger partial charge in [0.1, 0.15) is 0 Å². The summed E-state index contributed by atoms with van der Waals surface area (Å²) in [6.07, 6.45) is 0.873. The standard InChI is InChI=1S/C16H16ClNO2/c1-11(9-12-5-3-2-4-6-12)18-15-8-7-13(16(19)20)10-14(15)17/h2-8,10-11,18H,9H2,1H3,(H,19,20). The Labute approximate surface area is 123 Å². The van der Waals surface area contributed by atoms with Gasteiger partial charge in [0.25, 0.3) is 0 Å². The Morgan fingerprint density at radius 3 is 2.55 bits per heavy atom. The number of hydrogen-bond donors (Lipinski definition) is 2. The Hall–Kier alpha value is -2.00. The highest BCUT2D eigenvalue weighted by Gasteiger charge is 2.09. The normalized spacial score (nSPS) is 11.9. The van der Waals surface area contributed by atoms with E-state index in [9.17, 15) is 4.79 Å². The molecule has 0 saturated carbocycles. The zero-order valence-electron chi connectivity index (χ0n) is 11.1. The summed E-state index contributed by atoms with van der Waals surface area (Å²) in [7, 11) is 0. The maximum absolute atomic E-state index is 10.8. The second-order valence-electron chi connectivity index (χ2n) is 4.73. The van der Waals surface area contributed by atoms with Crippen molar-refractivity contribution < 1.29 is 9.90 Å². The highest BCUT2D eigenvalue weighted by molar-refractivity contribution is 6.33. The maximum Gasteiger partial charge on any atom is 0.335 e. The predicted octanol–water partition coefficient (Wildman–Crippen LogP) is 4.08. The van der Waals surface area contributed by atoms with Crippen molar-refractivity contribution in [2.45, 2.75) is 19.4 Å². The minimum absolute atomic E-state index is 0.191. The molecule has 20 heavy (non-hydrogen) atoms. The lowest BCUT2D eigenvalue weighted by Gasteiger charge is -2.16. The average molecular weight is 290 g/mol. The predicted molar refractivity (Wildman–Crippen MR) is 81.6 cm³/mol. The van der Waals surface area contributed by atoms with Crippen LogP contribution >= 0.6 is 11.6 Å². The van der Waals surface area contributed by atoms with Crippen LogP contribution in [-0.2, 0) is 6.42 Å². The molecule has 1 atom stereocenters. The van der Waals surface area contributed by atoms with Gasteiger partial charge in [0.05, 0.1) is 16.3 Å². The largest absolute Gasteiger partial charge is 0.478 e. The maximum atomic E-state index is 10.8. The number of anilines is 1. The highest BCUT2D eigenvalue weighted by atomic mass is 35.5. The van der Waals surface area contributed by atoms with Gasteiger partial charge in [0.15, 0.2) is 0 Å². The van der Waals surface area contributed by atoms with Crippen LogP contribution in [0.25, 0.3) is 0 Å². The molecule has 0 amide bonds. The molecule has 0 aliphatic heterocycles. The molecule has 2 aromatic carbocycles. The SMILES string of the molecule is CC(Cc1ccccc1)Nc1ccc(C(=O)O)cc1Cl. The topological polar surface area (TPSA) is 49.3 Å². The molecule has 1 unspecified atom stereocenters. The molecular weight excluding hydrogens is 274 g/mol. The molecule has 0 aromatic heterocycles. The first-order valence-electron chi connectivity index (χ1n) is 6.39. The zero-order chi connectivity index (χ0) is 14.5. The molecule has 2 rings (SSSR count). The number of carboxylic acids is 1. The first kappa shape index (κ1) is 14.4. The van der Waals surface area contributed by atoms with Gasteiger partial charge in [-0.1, -0.05) is 41.9 Å². The summed E-state index contributed by atoms with van der Waals surface area (Å²) in [5.41, 5.74) is 2.18. The molecule has 2 aromatic rings. The average Bonchev–Trinajstić information content (AvgIpc) is 2.42. The van der Waals surface area contributed by atoms with Crippen LogP contribution in [0, 0.1) is 0 Å². The molecule has 0 bridgehead atoms. The van der Waals surface area contributed by atoms with E-state index in [2.05, 4.69) is 24.4 Å². The molecule has 4 heteroatoms. The summed E-state index contributed by atoms with van der Waals surface area (Å²) < 4.78 is 0. The third-order valence-electron chi connectivity index (χ3n) is 3.00. The van der Waals surface area contributed by atoms with Crippen LogP contribution in [0.2, 0.25) is 5.02 Å². The van der Waals surface area contributed by atoms with Crippen molar-refractivity contribution in [3.63, 3.8) is 0 Å². The summed E-state index contributed by atoms with van der Waals surface area (Å²) in [5, 5.41) is 12.6. The molecule has 0 fully saturated rings. The van der Waals surface area contributed by atoms with Crippen molar-refractivity contribution in [2.75, 3.05) is 5.32 Å². The van der Waals surface area contributed by atoms with E-state index in [1.807, 2.05) is 18.2 Å². The monoisotopic (exact) mass is 289 g/mol. The van der Waals surface area contributed by atoms with Gasteiger partial charge in [-0.15, -0.1) is 0 Å². The summed E-state index contributed by atoms with van der Waals surface area (Å²) in [5.74, 6) is -0.976. The van der Waals surface area contributed by atoms with E-state index in [1.54, 1.807) is 12.1 Å². The van der Waals surface area contributed by atoms with Crippen molar-refractivity contribution >= 4 is 23.3 Å². The number of carboxylic acid groups (broad SMARTS) is 1. The van der Waals surface area contributed by atoms with E-state index >= 15 is 0 Å². The first-order chi connectivity index (χ1) is 9.56. The Kier molecular flexibility index (Phi) is 4.64. The Balaban J connectivity index is 2.04. The molecule has 3 nitrogen and oxygen atoms in total. The van der Waals surface area contributed by atoms with Gasteiger partial charge in [-0.25, -0.2) is 4.79 Å². The molecule has 0 aliphatic carbocycles. The van der Waals surface area contributed by atoms with Crippen molar-refractivity contribution in [1.29, 1.82) is 0 Å². The number of nitrogens with one attached hydrogen (secondary N) is 1. The summed E-state index contributed by atoms with van der Waals surface area (Å²) in [6, 6.07) is 15.1. The van der Waals surface area contributed by atoms with Gasteiger partial charge in [-0.05, 0) is 37.1 Å². The summed E-state index contributed by atoms with van der Waals surface area (Å²) in [4.78, 5) is 10.8. The number of aromatic carboxylic acids is 1. The lowest BCUT2D eigenvalue weighted by molar-refractivity contribution is 0.0697. The molecule has 0 aliphatic rings. The number of benzene rings is 2. The number of halogens is 1. The van der Waals surface area contributed by atoms with Gasteiger partial charge < -0.3 is 10.4 Å². The van der Waals surface area contributed by atoms with E-state index in [4.69, 9.17) is 16.7 Å². The van der Waals surface area contributed by atoms with E-state index in [1.165, 1.54) is 11.6 Å². The third-order valence-corrected chi connectivity index (χ3v) is 3.32. The van der Waals surface area contributed by atoms with Crippen molar-refractivity contribution in [3.05, 3.63) is 64.7 Å². The molecular formula is C16H16ClNO2. The van der Waals surface area contributed by atoms with Crippen LogP contribution in [0.1, 0.15) is 22.8 Å². The fourth-order valence-corrected chi connectivity index (χ4v) is 2.28. The Morgan fingerprint density at radius 2 is 1.95 bits per heavy atom. The second kappa shape index (κ2) is 6.44. The van der Waals surface area contributed by atoms with Gasteiger partial charge >= 0.3 is 5.97 Å². The van der Waals surface area contributed by atoms with Gasteiger partial charge in [-0.2, -0.15) is 0 Å². The minimum atomic E-state index is -0.976. The fraction of sp³-hybridized carbons (Fsp3) is 0.188. The first-order valence-corrected chi connectivity index (χ1v) is 6.77. The molecule has 0 saturated heterocycles. The van der Waals surface area contributed by atoms with Crippen LogP contribution in [0.5, 0.6) is 0 Å². The second-order valence-corrected chi connectivity index (χ2v) is 5.14. The van der Waals surface area contributed by atoms with Crippen LogP contribution in [0.4, 0.5) is 5.69 Å². The van der Waals surface area contributed by atoms with Gasteiger partial charge in [-0.3, -0.25) is 0 Å². The third kappa shape index (κ3) is 3.75. The van der Waals surface area contributed by atoms with E-state index in [0.717, 1.165) is 12.1 Å². The van der Waals surface area contributed by atoms with Gasteiger partial charge in [0.2, 0.25) is 0 Å². The van der Waals surface area contributed by atoms with Gasteiger partial charge in [0, 0.05) is 6.04 Å². The van der Waals surface area contributed by atoms with E-state index in [-0.39, 0.29) is 11.6 Å². The lowest BCUT2D eigenvalue weighted by atomic mass is 10.1. The van der Waals surface area contributed by atoms with E-state index < -0.39 is 5.97 Å². The fourth-order valence-electron chi connectivity index (χ4n) is 2.05. The van der Waals surface area contributed by atoms with Crippen LogP contribution in [0.15, 0.2) is 48.5 Å². The Bertz CT molecular complexity index is 599. The smallest absolute Gasteiger partial charge is 0.335 e. The quantitative estimate of drug-likeness (QED) is 0.872. The number of hydrogen-bond acceptors (Lipinski definition) is 2. The molecule has 0 radical (unpaired) electrons. The number of carbonyl (C=O) groups is 1. The zero-order valence-corrected chi connectivity index (χ0v) is 11.9. The lowest BCUT2D eigenvalue weighted by Crippen LogP contribution is -2.18. The van der Waals surface area contributed by atoms with Crippen molar-refractivity contribution in [1.82, 2.24) is 0 Å². The van der Waals surface area contributed by atoms with Crippen molar-refractivity contribution in [3.8, 4) is 0 Å².